The summed E-state index contributed by atoms with van der Waals surface area (Å²) in [5.41, 5.74) is 0.137. The molecule has 68 valence electrons. The van der Waals surface area contributed by atoms with Crippen LogP contribution in [0, 0.1) is 17.3 Å². The number of rotatable bonds is 0. The molecule has 0 aromatic carbocycles. The zero-order valence-corrected chi connectivity index (χ0v) is 8.10. The summed E-state index contributed by atoms with van der Waals surface area (Å²) in [5, 5.41) is 0. The minimum atomic E-state index is 0.137. The van der Waals surface area contributed by atoms with Gasteiger partial charge in [-0.2, -0.15) is 0 Å². The van der Waals surface area contributed by atoms with Crippen molar-refractivity contribution in [2.24, 2.45) is 17.3 Å². The minimum absolute atomic E-state index is 0.137. The Bertz CT molecular complexity index is 197. The van der Waals surface area contributed by atoms with E-state index in [0.717, 1.165) is 6.42 Å². The van der Waals surface area contributed by atoms with Gasteiger partial charge in [0.25, 0.3) is 0 Å². The van der Waals surface area contributed by atoms with E-state index < -0.39 is 0 Å². The highest BCUT2D eigenvalue weighted by Crippen LogP contribution is 2.55. The van der Waals surface area contributed by atoms with Crippen molar-refractivity contribution < 1.29 is 4.79 Å². The highest BCUT2D eigenvalue weighted by atomic mass is 16.1. The molecule has 0 bridgehead atoms. The fourth-order valence-electron chi connectivity index (χ4n) is 3.29. The summed E-state index contributed by atoms with van der Waals surface area (Å²) in [4.78, 5) is 11.6. The number of Topliss-reactive ketones (excluding diaryl/α,β-unsaturated/α-hetero) is 1. The zero-order valence-electron chi connectivity index (χ0n) is 8.10. The summed E-state index contributed by atoms with van der Waals surface area (Å²) >= 11 is 0. The molecule has 2 fully saturated rings. The van der Waals surface area contributed by atoms with Crippen LogP contribution in [0.15, 0.2) is 0 Å². The molecule has 2 saturated carbocycles. The van der Waals surface area contributed by atoms with E-state index >= 15 is 0 Å². The van der Waals surface area contributed by atoms with Crippen molar-refractivity contribution in [3.8, 4) is 0 Å². The van der Waals surface area contributed by atoms with Gasteiger partial charge >= 0.3 is 0 Å². The van der Waals surface area contributed by atoms with Gasteiger partial charge in [0.2, 0.25) is 0 Å². The number of carbonyl (C=O) groups excluding carboxylic acids is 1. The van der Waals surface area contributed by atoms with Gasteiger partial charge in [-0.05, 0) is 31.1 Å². The van der Waals surface area contributed by atoms with Crippen LogP contribution in [0.3, 0.4) is 0 Å². The van der Waals surface area contributed by atoms with Crippen LogP contribution < -0.4 is 0 Å². The summed E-state index contributed by atoms with van der Waals surface area (Å²) in [7, 11) is 0. The normalized spacial score (nSPS) is 47.7. The van der Waals surface area contributed by atoms with Crippen LogP contribution in [0.2, 0.25) is 0 Å². The lowest BCUT2D eigenvalue weighted by atomic mass is 9.50. The fraction of sp³-hybridized carbons (Fsp3) is 0.909. The van der Waals surface area contributed by atoms with Crippen molar-refractivity contribution in [3.63, 3.8) is 0 Å². The Hall–Kier alpha value is -0.330. The molecule has 3 atom stereocenters. The maximum atomic E-state index is 11.6. The third-order valence-electron chi connectivity index (χ3n) is 4.32. The summed E-state index contributed by atoms with van der Waals surface area (Å²) < 4.78 is 0. The first-order chi connectivity index (χ1) is 5.68. The lowest BCUT2D eigenvalue weighted by Crippen LogP contribution is -2.52. The van der Waals surface area contributed by atoms with Crippen LogP contribution in [0.1, 0.15) is 46.0 Å². The smallest absolute Gasteiger partial charge is 0.139 e. The zero-order chi connectivity index (χ0) is 8.77. The van der Waals surface area contributed by atoms with Gasteiger partial charge in [-0.25, -0.2) is 0 Å². The molecule has 0 aliphatic heterocycles. The van der Waals surface area contributed by atoms with E-state index in [2.05, 4.69) is 13.8 Å². The lowest BCUT2D eigenvalue weighted by molar-refractivity contribution is -0.151. The number of hydrogen-bond donors (Lipinski definition) is 0. The summed E-state index contributed by atoms with van der Waals surface area (Å²) in [5.74, 6) is 1.87. The van der Waals surface area contributed by atoms with Crippen molar-refractivity contribution in [1.29, 1.82) is 0 Å². The second-order valence-corrected chi connectivity index (χ2v) is 4.70. The van der Waals surface area contributed by atoms with Crippen molar-refractivity contribution in [2.75, 3.05) is 0 Å². The minimum Gasteiger partial charge on any atom is -0.299 e. The van der Waals surface area contributed by atoms with E-state index in [1.165, 1.54) is 25.7 Å². The van der Waals surface area contributed by atoms with Crippen molar-refractivity contribution in [3.05, 3.63) is 0 Å². The molecule has 0 saturated heterocycles. The third kappa shape index (κ3) is 0.826. The second kappa shape index (κ2) is 2.58. The first-order valence-corrected chi connectivity index (χ1v) is 5.21. The van der Waals surface area contributed by atoms with Gasteiger partial charge in [0.15, 0.2) is 0 Å². The molecule has 0 amide bonds. The van der Waals surface area contributed by atoms with Gasteiger partial charge < -0.3 is 0 Å². The Morgan fingerprint density at radius 3 is 2.08 bits per heavy atom. The van der Waals surface area contributed by atoms with Crippen LogP contribution >= 0.6 is 0 Å². The molecule has 0 aromatic heterocycles. The molecule has 1 spiro atoms. The van der Waals surface area contributed by atoms with Gasteiger partial charge in [0, 0.05) is 11.8 Å². The molecule has 0 aromatic rings. The molecule has 0 N–H and O–H groups in total. The maximum Gasteiger partial charge on any atom is 0.139 e. The molecule has 2 rings (SSSR count). The SMILES string of the molecule is C[C@@H]1CCC[C@H](C)C12CCC2=O. The molecular weight excluding hydrogens is 148 g/mol. The molecule has 12 heavy (non-hydrogen) atoms. The van der Waals surface area contributed by atoms with E-state index in [9.17, 15) is 4.79 Å². The number of ketones is 1. The van der Waals surface area contributed by atoms with E-state index in [1.54, 1.807) is 0 Å². The average molecular weight is 166 g/mol. The Morgan fingerprint density at radius 2 is 1.83 bits per heavy atom. The van der Waals surface area contributed by atoms with Gasteiger partial charge in [-0.15, -0.1) is 0 Å². The second-order valence-electron chi connectivity index (χ2n) is 4.70. The summed E-state index contributed by atoms with van der Waals surface area (Å²) in [6, 6.07) is 0. The van der Waals surface area contributed by atoms with Gasteiger partial charge in [0.05, 0.1) is 0 Å². The Kier molecular flexibility index (Phi) is 1.78. The third-order valence-corrected chi connectivity index (χ3v) is 4.32. The Labute approximate surface area is 74.5 Å². The van der Waals surface area contributed by atoms with Crippen molar-refractivity contribution in [1.82, 2.24) is 0 Å². The van der Waals surface area contributed by atoms with Crippen LogP contribution in [0.5, 0.6) is 0 Å². The standard InChI is InChI=1S/C11H18O/c1-8-4-3-5-9(2)11(8)7-6-10(11)12/h8-9H,3-7H2,1-2H3/t8-,9+,11?. The summed E-state index contributed by atoms with van der Waals surface area (Å²) in [6.45, 7) is 4.54. The Morgan fingerprint density at radius 1 is 1.25 bits per heavy atom. The molecule has 1 nitrogen and oxygen atoms in total. The van der Waals surface area contributed by atoms with Gasteiger partial charge in [0.1, 0.15) is 5.78 Å². The molecule has 0 radical (unpaired) electrons. The number of hydrogen-bond acceptors (Lipinski definition) is 1. The monoisotopic (exact) mass is 166 g/mol. The van der Waals surface area contributed by atoms with E-state index in [-0.39, 0.29) is 5.41 Å². The lowest BCUT2D eigenvalue weighted by Gasteiger charge is -2.52. The first kappa shape index (κ1) is 8.28. The molecule has 2 aliphatic carbocycles. The van der Waals surface area contributed by atoms with Gasteiger partial charge in [-0.1, -0.05) is 20.3 Å². The van der Waals surface area contributed by atoms with Crippen LogP contribution in [-0.2, 0) is 4.79 Å². The predicted molar refractivity (Wildman–Crippen MR) is 48.9 cm³/mol. The highest BCUT2D eigenvalue weighted by molar-refractivity contribution is 5.91. The maximum absolute atomic E-state index is 11.6. The summed E-state index contributed by atoms with van der Waals surface area (Å²) in [6.07, 6.45) is 5.91. The Balaban J connectivity index is 2.23. The molecular formula is C11H18O. The van der Waals surface area contributed by atoms with E-state index in [4.69, 9.17) is 0 Å². The topological polar surface area (TPSA) is 17.1 Å². The van der Waals surface area contributed by atoms with E-state index in [0.29, 0.717) is 17.6 Å². The largest absolute Gasteiger partial charge is 0.299 e. The average Bonchev–Trinajstić information content (AvgIpc) is 2.02. The quantitative estimate of drug-likeness (QED) is 0.541. The van der Waals surface area contributed by atoms with Crippen molar-refractivity contribution in [2.45, 2.75) is 46.0 Å². The van der Waals surface area contributed by atoms with Crippen LogP contribution in [-0.4, -0.2) is 5.78 Å². The predicted octanol–water partition coefficient (Wildman–Crippen LogP) is 2.79. The van der Waals surface area contributed by atoms with E-state index in [1.807, 2.05) is 0 Å². The molecule has 0 heterocycles. The van der Waals surface area contributed by atoms with Gasteiger partial charge in [-0.3, -0.25) is 4.79 Å². The van der Waals surface area contributed by atoms with Crippen LogP contribution in [0.25, 0.3) is 0 Å². The highest BCUT2D eigenvalue weighted by Gasteiger charge is 2.54. The number of carbonyl (C=O) groups is 1. The molecule has 1 unspecified atom stereocenters. The fourth-order valence-corrected chi connectivity index (χ4v) is 3.29. The molecule has 1 heteroatoms. The van der Waals surface area contributed by atoms with Crippen molar-refractivity contribution >= 4 is 5.78 Å². The van der Waals surface area contributed by atoms with Crippen LogP contribution in [0.4, 0.5) is 0 Å². The first-order valence-electron chi connectivity index (χ1n) is 5.21. The molecule has 2 aliphatic rings.